The van der Waals surface area contributed by atoms with Crippen molar-refractivity contribution in [2.45, 2.75) is 57.2 Å². The first-order valence-electron chi connectivity index (χ1n) is 11.3. The second kappa shape index (κ2) is 8.78. The van der Waals surface area contributed by atoms with Crippen LogP contribution in [0, 0.1) is 17.8 Å². The Morgan fingerprint density at radius 2 is 2.06 bits per heavy atom. The van der Waals surface area contributed by atoms with E-state index in [4.69, 9.17) is 11.6 Å². The lowest BCUT2D eigenvalue weighted by molar-refractivity contribution is -0.149. The average Bonchev–Trinajstić information content (AvgIpc) is 3.21. The number of aliphatic hydroxyl groups is 1. The number of nitrogens with zero attached hydrogens (tertiary/aromatic N) is 5. The molecule has 2 aromatic rings. The molecule has 0 spiro atoms. The lowest BCUT2D eigenvalue weighted by Gasteiger charge is -2.32. The maximum atomic E-state index is 13.2. The van der Waals surface area contributed by atoms with E-state index in [1.165, 1.54) is 11.0 Å². The largest absolute Gasteiger partial charge is 0.383 e. The number of amides is 2. The van der Waals surface area contributed by atoms with Crippen molar-refractivity contribution in [2.75, 3.05) is 6.54 Å². The van der Waals surface area contributed by atoms with E-state index >= 15 is 0 Å². The van der Waals surface area contributed by atoms with Crippen LogP contribution in [0.2, 0.25) is 5.02 Å². The van der Waals surface area contributed by atoms with Gasteiger partial charge >= 0.3 is 0 Å². The molecular formula is C22H27ClN6O3. The van der Waals surface area contributed by atoms with Crippen molar-refractivity contribution in [3.63, 3.8) is 0 Å². The third-order valence-corrected chi connectivity index (χ3v) is 7.38. The zero-order chi connectivity index (χ0) is 22.2. The molecule has 4 atom stereocenters. The Hall–Kier alpha value is -2.52. The number of piperidine rings is 1. The first kappa shape index (κ1) is 21.3. The summed E-state index contributed by atoms with van der Waals surface area (Å²) in [5, 5.41) is 25.5. The highest BCUT2D eigenvalue weighted by atomic mass is 35.5. The van der Waals surface area contributed by atoms with Gasteiger partial charge in [-0.3, -0.25) is 9.59 Å². The monoisotopic (exact) mass is 458 g/mol. The van der Waals surface area contributed by atoms with E-state index in [9.17, 15) is 14.7 Å². The van der Waals surface area contributed by atoms with Crippen LogP contribution in [0.1, 0.15) is 44.1 Å². The first-order chi connectivity index (χ1) is 15.5. The van der Waals surface area contributed by atoms with Crippen LogP contribution >= 0.6 is 11.6 Å². The fraction of sp³-hybridized carbons (Fsp3) is 0.591. The van der Waals surface area contributed by atoms with Crippen LogP contribution in [0.3, 0.4) is 0 Å². The van der Waals surface area contributed by atoms with Crippen molar-refractivity contribution in [3.8, 4) is 5.69 Å². The van der Waals surface area contributed by atoms with Crippen molar-refractivity contribution < 1.29 is 14.7 Å². The Kier molecular flexibility index (Phi) is 5.86. The molecule has 2 amide bonds. The molecule has 170 valence electrons. The Labute approximate surface area is 191 Å². The summed E-state index contributed by atoms with van der Waals surface area (Å²) in [4.78, 5) is 27.9. The minimum atomic E-state index is -1.01. The number of hydrogen-bond acceptors (Lipinski definition) is 6. The standard InChI is InChI=1S/C22H27ClN6O3/c23-16-6-7-18(29-12-25-26-27-29)14(8-16)10-24-21(31)19-17-9-15(17)11-28(19)22(32)20(30)13-4-2-1-3-5-13/h6-8,12-13,15,17,19-20,30H,1-5,9-11H2,(H,24,31)/t15-,17-,19-,20+/m0/s1. The number of nitrogens with one attached hydrogen (secondary N) is 1. The summed E-state index contributed by atoms with van der Waals surface area (Å²) in [5.41, 5.74) is 1.49. The summed E-state index contributed by atoms with van der Waals surface area (Å²) in [5.74, 6) is 0.0532. The third kappa shape index (κ3) is 4.11. The van der Waals surface area contributed by atoms with E-state index in [1.807, 2.05) is 0 Å². The van der Waals surface area contributed by atoms with Gasteiger partial charge in [-0.2, -0.15) is 0 Å². The van der Waals surface area contributed by atoms with Gasteiger partial charge in [-0.25, -0.2) is 4.68 Å². The number of halogens is 1. The van der Waals surface area contributed by atoms with Crippen molar-refractivity contribution in [1.82, 2.24) is 30.4 Å². The molecule has 2 N–H and O–H groups in total. The number of carbonyl (C=O) groups is 2. The van der Waals surface area contributed by atoms with Gasteiger partial charge in [0.2, 0.25) is 5.91 Å². The third-order valence-electron chi connectivity index (χ3n) is 7.14. The average molecular weight is 459 g/mol. The number of tetrazole rings is 1. The molecule has 1 aromatic carbocycles. The smallest absolute Gasteiger partial charge is 0.252 e. The van der Waals surface area contributed by atoms with Gasteiger partial charge in [-0.05, 0) is 71.2 Å². The van der Waals surface area contributed by atoms with Crippen LogP contribution in [-0.2, 0) is 16.1 Å². The van der Waals surface area contributed by atoms with E-state index in [0.717, 1.165) is 49.8 Å². The van der Waals surface area contributed by atoms with Gasteiger partial charge in [-0.15, -0.1) is 5.10 Å². The molecular weight excluding hydrogens is 432 g/mol. The van der Waals surface area contributed by atoms with E-state index in [2.05, 4.69) is 20.8 Å². The maximum Gasteiger partial charge on any atom is 0.252 e. The number of rotatable bonds is 6. The first-order valence-corrected chi connectivity index (χ1v) is 11.7. The number of hydrogen-bond donors (Lipinski definition) is 2. The van der Waals surface area contributed by atoms with Gasteiger partial charge in [0.15, 0.2) is 0 Å². The molecule has 2 saturated carbocycles. The Morgan fingerprint density at radius 3 is 2.81 bits per heavy atom. The molecule has 1 aromatic heterocycles. The number of aliphatic hydroxyl groups excluding tert-OH is 1. The summed E-state index contributed by atoms with van der Waals surface area (Å²) in [7, 11) is 0. The molecule has 32 heavy (non-hydrogen) atoms. The summed E-state index contributed by atoms with van der Waals surface area (Å²) >= 11 is 6.17. The van der Waals surface area contributed by atoms with Crippen molar-refractivity contribution >= 4 is 23.4 Å². The SMILES string of the molecule is O=C(NCc1cc(Cl)ccc1-n1cnnn1)[C@@H]1[C@H]2C[C@H]2CN1C(=O)[C@H](O)C1CCCCC1. The molecule has 9 nitrogen and oxygen atoms in total. The van der Waals surface area contributed by atoms with Crippen molar-refractivity contribution in [2.24, 2.45) is 17.8 Å². The van der Waals surface area contributed by atoms with Crippen LogP contribution < -0.4 is 5.32 Å². The molecule has 0 bridgehead atoms. The van der Waals surface area contributed by atoms with Crippen LogP contribution in [0.25, 0.3) is 5.69 Å². The molecule has 2 heterocycles. The Morgan fingerprint density at radius 1 is 1.25 bits per heavy atom. The molecule has 2 aliphatic carbocycles. The van der Waals surface area contributed by atoms with Crippen molar-refractivity contribution in [3.05, 3.63) is 35.1 Å². The molecule has 0 unspecified atom stereocenters. The molecule has 10 heteroatoms. The van der Waals surface area contributed by atoms with Crippen LogP contribution in [0.4, 0.5) is 0 Å². The topological polar surface area (TPSA) is 113 Å². The quantitative estimate of drug-likeness (QED) is 0.681. The molecule has 0 radical (unpaired) electrons. The van der Waals surface area contributed by atoms with Gasteiger partial charge in [0.05, 0.1) is 5.69 Å². The fourth-order valence-corrected chi connectivity index (χ4v) is 5.52. The van der Waals surface area contributed by atoms with Gasteiger partial charge in [0.25, 0.3) is 5.91 Å². The normalized spacial score (nSPS) is 25.9. The minimum absolute atomic E-state index is 0.00203. The van der Waals surface area contributed by atoms with Gasteiger partial charge in [-0.1, -0.05) is 30.9 Å². The number of fused-ring (bicyclic) bond motifs is 1. The van der Waals surface area contributed by atoms with E-state index < -0.39 is 12.1 Å². The number of likely N-dealkylation sites (tertiary alicyclic amines) is 1. The second-order valence-electron chi connectivity index (χ2n) is 9.18. The maximum absolute atomic E-state index is 13.2. The number of aromatic nitrogens is 4. The summed E-state index contributed by atoms with van der Waals surface area (Å²) in [6.45, 7) is 0.786. The summed E-state index contributed by atoms with van der Waals surface area (Å²) < 4.78 is 1.51. The molecule has 3 fully saturated rings. The highest BCUT2D eigenvalue weighted by Crippen LogP contribution is 2.50. The van der Waals surface area contributed by atoms with Crippen LogP contribution in [0.15, 0.2) is 24.5 Å². The van der Waals surface area contributed by atoms with Crippen LogP contribution in [-0.4, -0.2) is 60.7 Å². The van der Waals surface area contributed by atoms with E-state index in [0.29, 0.717) is 17.5 Å². The molecule has 3 aliphatic rings. The summed E-state index contributed by atoms with van der Waals surface area (Å²) in [6, 6.07) is 4.77. The molecule has 1 aliphatic heterocycles. The van der Waals surface area contributed by atoms with Gasteiger partial charge < -0.3 is 15.3 Å². The minimum Gasteiger partial charge on any atom is -0.383 e. The lowest BCUT2D eigenvalue weighted by Crippen LogP contribution is -2.52. The van der Waals surface area contributed by atoms with Crippen LogP contribution in [0.5, 0.6) is 0 Å². The Bertz CT molecular complexity index is 994. The van der Waals surface area contributed by atoms with Gasteiger partial charge in [0, 0.05) is 18.1 Å². The Balaban J connectivity index is 1.28. The highest BCUT2D eigenvalue weighted by Gasteiger charge is 2.57. The van der Waals surface area contributed by atoms with Gasteiger partial charge in [0.1, 0.15) is 18.5 Å². The lowest BCUT2D eigenvalue weighted by atomic mass is 9.84. The molecule has 5 rings (SSSR count). The fourth-order valence-electron chi connectivity index (χ4n) is 5.33. The predicted molar refractivity (Wildman–Crippen MR) is 116 cm³/mol. The van der Waals surface area contributed by atoms with Crippen molar-refractivity contribution in [1.29, 1.82) is 0 Å². The number of benzene rings is 1. The second-order valence-corrected chi connectivity index (χ2v) is 9.62. The number of carbonyl (C=O) groups excluding carboxylic acids is 2. The van der Waals surface area contributed by atoms with E-state index in [-0.39, 0.29) is 30.2 Å². The summed E-state index contributed by atoms with van der Waals surface area (Å²) in [6.07, 6.45) is 6.43. The predicted octanol–water partition coefficient (Wildman–Crippen LogP) is 1.72. The molecule has 1 saturated heterocycles. The highest BCUT2D eigenvalue weighted by molar-refractivity contribution is 6.30. The zero-order valence-electron chi connectivity index (χ0n) is 17.7. The van der Waals surface area contributed by atoms with E-state index in [1.54, 1.807) is 23.1 Å². The zero-order valence-corrected chi connectivity index (χ0v) is 18.5.